The van der Waals surface area contributed by atoms with Gasteiger partial charge in [-0.2, -0.15) is 0 Å². The maximum absolute atomic E-state index is 8.12. The van der Waals surface area contributed by atoms with E-state index in [0.717, 1.165) is 0 Å². The van der Waals surface area contributed by atoms with Crippen LogP contribution in [0.15, 0.2) is 0 Å². The molecule has 26 valence electrons. The largest absolute Gasteiger partial charge is 0.412 e. The van der Waals surface area contributed by atoms with Crippen LogP contribution in [0.3, 0.4) is 0 Å². The van der Waals surface area contributed by atoms with Gasteiger partial charge >= 0.3 is 0 Å². The molecule has 4 heavy (non-hydrogen) atoms. The van der Waals surface area contributed by atoms with Crippen LogP contribution in [-0.2, 0) is 0 Å². The summed E-state index contributed by atoms with van der Waals surface area (Å²) in [5.41, 5.74) is 0. The van der Waals surface area contributed by atoms with Gasteiger partial charge in [-0.25, -0.2) is 0 Å². The highest BCUT2D eigenvalue weighted by atomic mass is 16.6. The zero-order chi connectivity index (χ0) is 2.71. The molecule has 0 amide bonds. The lowest BCUT2D eigenvalue weighted by Crippen LogP contribution is -2.53. The molecular formula is H3NO3. The Hall–Kier alpha value is -0.640. The molecule has 4 nitrogen and oxygen atoms in total. The summed E-state index contributed by atoms with van der Waals surface area (Å²) in [5.74, 6) is 0. The minimum absolute atomic E-state index is 0. The van der Waals surface area contributed by atoms with Crippen LogP contribution < -0.4 is 5.34 Å². The van der Waals surface area contributed by atoms with Crippen LogP contribution in [0.25, 0.3) is 0 Å². The number of hydrogen-bond acceptors (Lipinski definition) is 2. The first-order valence-corrected chi connectivity index (χ1v) is 0.408. The Kier molecular flexibility index (Phi) is 85.2. The minimum atomic E-state index is 0. The van der Waals surface area contributed by atoms with Crippen molar-refractivity contribution in [3.63, 3.8) is 0 Å². The molecule has 0 spiro atoms. The lowest BCUT2D eigenvalue weighted by Gasteiger charge is -1.36. The van der Waals surface area contributed by atoms with Gasteiger partial charge in [-0.05, 0) is 0 Å². The van der Waals surface area contributed by atoms with E-state index < -0.39 is 0 Å². The molecule has 4 heteroatoms. The normalized spacial score (nSPS) is 3.00. The summed E-state index contributed by atoms with van der Waals surface area (Å²) in [5, 5.41) is 8.38. The standard InChI is InChI=1S/HNO2.H2O/c2-1-3;/h1H;1H2. The lowest BCUT2D eigenvalue weighted by atomic mass is 13.4. The summed E-state index contributed by atoms with van der Waals surface area (Å²) in [7, 11) is 0. The Labute approximate surface area is 22.3 Å². The van der Waals surface area contributed by atoms with Crippen LogP contribution in [-0.4, -0.2) is 5.48 Å². The van der Waals surface area contributed by atoms with E-state index in [1.807, 2.05) is 0 Å². The maximum atomic E-state index is 8.12. The van der Waals surface area contributed by atoms with Crippen molar-refractivity contribution < 1.29 is 10.8 Å². The second-order valence-electron chi connectivity index (χ2n) is 0.0833. The zero-order valence-electron chi connectivity index (χ0n) is 1.82. The lowest BCUT2D eigenvalue weighted by molar-refractivity contribution is -0.398. The van der Waals surface area contributed by atoms with Crippen LogP contribution in [0.2, 0.25) is 0 Å². The van der Waals surface area contributed by atoms with Crippen LogP contribution in [0, 0.1) is 10.1 Å². The monoisotopic (exact) mass is 65.0 g/mol. The third kappa shape index (κ3) is 0.430. The summed E-state index contributed by atoms with van der Waals surface area (Å²) >= 11 is 0. The van der Waals surface area contributed by atoms with Gasteiger partial charge in [0.05, 0.1) is 0 Å². The van der Waals surface area contributed by atoms with Crippen molar-refractivity contribution >= 4 is 0 Å². The highest BCUT2D eigenvalue weighted by Crippen LogP contribution is 0.618. The molecule has 0 aliphatic rings. The first kappa shape index (κ1) is 10.1. The number of hydrogen-bond donors (Lipinski definition) is 1. The Morgan fingerprint density at radius 2 is 1.75 bits per heavy atom. The van der Waals surface area contributed by atoms with E-state index in [9.17, 15) is 0 Å². The molecular weight excluding hydrogens is 62.0 g/mol. The Balaban J connectivity index is 0. The second kappa shape index (κ2) is 33.7. The SMILES string of the molecule is O.O=[NH+][O-]. The van der Waals surface area contributed by atoms with E-state index in [-0.39, 0.29) is 10.8 Å². The smallest absolute Gasteiger partial charge is 0.00366 e. The van der Waals surface area contributed by atoms with E-state index in [4.69, 9.17) is 10.1 Å². The van der Waals surface area contributed by atoms with Crippen molar-refractivity contribution in [3.8, 4) is 0 Å². The molecule has 0 aromatic heterocycles. The molecule has 0 aromatic carbocycles. The summed E-state index contributed by atoms with van der Waals surface area (Å²) in [6.07, 6.45) is 0. The van der Waals surface area contributed by atoms with Crippen LogP contribution >= 0.6 is 0 Å². The fraction of sp³-hybridized carbons (Fsp3) is 0. The predicted molar refractivity (Wildman–Crippen MR) is 11.3 cm³/mol. The number of nitrogens with one attached hydrogen (secondary N) is 1. The topological polar surface area (TPSA) is 85.6 Å². The molecule has 0 aliphatic heterocycles. The van der Waals surface area contributed by atoms with Gasteiger partial charge in [-0.15, -0.1) is 0 Å². The van der Waals surface area contributed by atoms with Crippen LogP contribution in [0.5, 0.6) is 0 Å². The van der Waals surface area contributed by atoms with Crippen molar-refractivity contribution in [1.82, 2.24) is 0 Å². The van der Waals surface area contributed by atoms with Gasteiger partial charge in [-0.3, -0.25) is 10.1 Å². The Morgan fingerprint density at radius 3 is 1.75 bits per heavy atom. The average molecular weight is 65.0 g/mol. The average Bonchev–Trinajstić information content (AvgIpc) is 0.918. The Bertz CT molecular complexity index is 10.8. The fourth-order valence-electron chi connectivity index (χ4n) is 0. The molecule has 0 bridgehead atoms. The van der Waals surface area contributed by atoms with Crippen LogP contribution in [0.4, 0.5) is 0 Å². The zero-order valence-corrected chi connectivity index (χ0v) is 1.82. The van der Waals surface area contributed by atoms with E-state index in [2.05, 4.69) is 0 Å². The molecule has 0 atom stereocenters. The molecule has 0 unspecified atom stereocenters. The van der Waals surface area contributed by atoms with E-state index >= 15 is 0 Å². The molecule has 0 aliphatic carbocycles. The van der Waals surface area contributed by atoms with Crippen molar-refractivity contribution in [1.29, 1.82) is 0 Å². The van der Waals surface area contributed by atoms with Gasteiger partial charge in [0.1, 0.15) is 0 Å². The van der Waals surface area contributed by atoms with Gasteiger partial charge < -0.3 is 5.48 Å². The third-order valence-corrected chi connectivity index (χ3v) is 0. The molecule has 0 fully saturated rings. The molecule has 3 N–H and O–H groups in total. The highest BCUT2D eigenvalue weighted by Gasteiger charge is 1.10. The number of rotatable bonds is 0. The highest BCUT2D eigenvalue weighted by molar-refractivity contribution is 3.77. The summed E-state index contributed by atoms with van der Waals surface area (Å²) in [4.78, 5) is 8.12. The maximum Gasteiger partial charge on any atom is 0.00366 e. The molecule has 0 saturated heterocycles. The minimum Gasteiger partial charge on any atom is -0.412 e. The van der Waals surface area contributed by atoms with Gasteiger partial charge in [0.15, 0.2) is 0 Å². The van der Waals surface area contributed by atoms with E-state index in [1.165, 1.54) is 0 Å². The van der Waals surface area contributed by atoms with Crippen molar-refractivity contribution in [3.05, 3.63) is 10.1 Å². The third-order valence-electron chi connectivity index (χ3n) is 0. The summed E-state index contributed by atoms with van der Waals surface area (Å²) < 4.78 is 0. The van der Waals surface area contributed by atoms with Gasteiger partial charge in [0.25, 0.3) is 0 Å². The molecule has 0 aromatic rings. The quantitative estimate of drug-likeness (QED) is 0.250. The van der Waals surface area contributed by atoms with Crippen molar-refractivity contribution in [2.24, 2.45) is 0 Å². The molecule has 0 rings (SSSR count). The second-order valence-corrected chi connectivity index (χ2v) is 0.0833. The fourth-order valence-corrected chi connectivity index (χ4v) is 0. The van der Waals surface area contributed by atoms with Gasteiger partial charge in [0.2, 0.25) is 0 Å². The van der Waals surface area contributed by atoms with Crippen molar-refractivity contribution in [2.45, 2.75) is 0 Å². The Morgan fingerprint density at radius 1 is 1.75 bits per heavy atom. The first-order valence-electron chi connectivity index (χ1n) is 0.408. The molecule has 0 saturated carbocycles. The van der Waals surface area contributed by atoms with E-state index in [0.29, 0.717) is 0 Å². The molecule has 0 heterocycles. The van der Waals surface area contributed by atoms with Crippen LogP contribution in [0.1, 0.15) is 0 Å². The summed E-state index contributed by atoms with van der Waals surface area (Å²) in [6, 6.07) is 0. The molecule has 0 radical (unpaired) electrons. The van der Waals surface area contributed by atoms with E-state index in [1.54, 1.807) is 0 Å². The van der Waals surface area contributed by atoms with Crippen molar-refractivity contribution in [2.75, 3.05) is 0 Å². The summed E-state index contributed by atoms with van der Waals surface area (Å²) in [6.45, 7) is 0. The van der Waals surface area contributed by atoms with Gasteiger partial charge in [-0.1, -0.05) is 0 Å². The first-order chi connectivity index (χ1) is 1.41. The predicted octanol–water partition coefficient (Wildman–Crippen LogP) is -2.49. The van der Waals surface area contributed by atoms with Gasteiger partial charge in [0, 0.05) is 5.34 Å².